The third-order valence-electron chi connectivity index (χ3n) is 27.3. The van der Waals surface area contributed by atoms with E-state index in [0.717, 1.165) is 107 Å². The molecule has 0 aliphatic carbocycles. The molecule has 0 saturated carbocycles. The molecular weight excluding hydrogens is 1850 g/mol. The first-order valence-electron chi connectivity index (χ1n) is 49.7. The number of aromatic hydroxyl groups is 4. The molecule has 30 nitrogen and oxygen atoms in total. The number of phenolic OH excluding ortho intramolecular Hbond substituents is 4. The summed E-state index contributed by atoms with van der Waals surface area (Å²) >= 11 is 0. The zero-order valence-electron chi connectivity index (χ0n) is 89.8. The normalized spacial score (nSPS) is 14.9. The van der Waals surface area contributed by atoms with Crippen LogP contribution in [0.2, 0.25) is 0 Å². The van der Waals surface area contributed by atoms with E-state index in [9.17, 15) is 64.8 Å². The van der Waals surface area contributed by atoms with Crippen LogP contribution in [0.3, 0.4) is 0 Å². The topological polar surface area (TPSA) is 356 Å². The number of rotatable bonds is 29. The molecule has 786 valence electrons. The highest BCUT2D eigenvalue weighted by Crippen LogP contribution is 2.45. The summed E-state index contributed by atoms with van der Waals surface area (Å²) in [5.74, 6) is 3.42. The fraction of sp³-hybridized carbons (Fsp3) is 0.440. The van der Waals surface area contributed by atoms with Crippen molar-refractivity contribution in [3.63, 3.8) is 0 Å². The molecule has 146 heavy (non-hydrogen) atoms. The van der Waals surface area contributed by atoms with Crippen LogP contribution in [0.25, 0.3) is 0 Å². The number of aliphatic hydroxyl groups excluding tert-OH is 4. The number of amides is 5. The molecule has 5 amide bonds. The van der Waals surface area contributed by atoms with Gasteiger partial charge in [0, 0.05) is 109 Å². The molecule has 10 aromatic carbocycles. The van der Waals surface area contributed by atoms with Gasteiger partial charge in [-0.2, -0.15) is 0 Å². The van der Waals surface area contributed by atoms with Gasteiger partial charge in [-0.15, -0.1) is 0 Å². The van der Waals surface area contributed by atoms with Crippen molar-refractivity contribution in [3.8, 4) is 57.5 Å². The minimum absolute atomic E-state index is 0.00266. The number of hydrogen-bond donors (Lipinski definition) is 9. The van der Waals surface area contributed by atoms with Gasteiger partial charge in [-0.25, -0.2) is 0 Å². The SMILES string of the molecule is CC(C)c1cc(C(=O)N2Cc3ccc(C(CO)N(C)C)cc3C2)c(O)cc1O.CC(C)c1cc(C(=O)N2Cc3ccc(C(O)CN(C)C)cc3C2)c(O)cc1O.CNC.COc1cc(OC)c(C(C)C)cc1C(=O)N1Cc2ccc(C(CO)N(C)C)cc2C1.COc1cc(OC)c(C(C)C)cc1C(=O)N1Cc2ccc(C(O)CN(C)C)cc2C1.COc1cc(OC)c(C(C)C)cc1C(=O)N1Cc2ccc(C3CO3)cc2C1. The van der Waals surface area contributed by atoms with Crippen LogP contribution in [0.5, 0.6) is 57.5 Å². The Balaban J connectivity index is 0.000000172. The largest absolute Gasteiger partial charge is 0.508 e. The van der Waals surface area contributed by atoms with Gasteiger partial charge in [0.05, 0.1) is 115 Å². The van der Waals surface area contributed by atoms with E-state index >= 15 is 0 Å². The fourth-order valence-electron chi connectivity index (χ4n) is 19.0. The molecule has 16 rings (SSSR count). The average Bonchev–Trinajstić information content (AvgIpc) is 1.44. The Morgan fingerprint density at radius 2 is 0.555 bits per heavy atom. The summed E-state index contributed by atoms with van der Waals surface area (Å²) < 4.78 is 38.4. The third kappa shape index (κ3) is 26.9. The van der Waals surface area contributed by atoms with Crippen molar-refractivity contribution in [2.24, 2.45) is 0 Å². The standard InChI is InChI=1S/2C24H32N2O4.2C22H28N2O4.C22H25NO4.C2H7N/c1-15(2)19-10-20(23(30-6)11-22(19)29-5)24(28)26-12-17-8-7-16(9-18(17)13-26)21(14-27)25(3)4;1-15(2)19-10-20(23(30-6)11-22(19)29-5)24(28)26-12-17-8-7-16(9-18(17)13-26)21(27)14-25(3)4;1-13(2)17-8-18(21(27)9-20(17)26)22(28)24-10-15-6-5-14(7-16(15)11-24)19(12-25)23(3)4;1-13(2)17-8-18(20(26)9-19(17)25)22(28)24-10-15-6-5-14(7-16(15)11-24)21(27)12-23(3)4;1-13(2)17-8-18(20(26-4)9-19(17)25-3)22(24)23-10-15-6-5-14(21-12-27-21)7-16(15)11-23;1-3-2/h2*7-11,15,21,27H,12-14H2,1-6H3;5-9,13,19,25-27H,10-12H2,1-4H3;5-9,13,21,25-27H,10-12H2,1-4H3;5-9,13,21H,10-12H2,1-4H3;3H,1-2H3. The van der Waals surface area contributed by atoms with Crippen LogP contribution >= 0.6 is 0 Å². The van der Waals surface area contributed by atoms with Gasteiger partial charge in [0.25, 0.3) is 29.5 Å². The van der Waals surface area contributed by atoms with Gasteiger partial charge in [-0.05, 0) is 242 Å². The van der Waals surface area contributed by atoms with E-state index in [4.69, 9.17) is 33.2 Å². The molecule has 6 aliphatic heterocycles. The zero-order chi connectivity index (χ0) is 107. The summed E-state index contributed by atoms with van der Waals surface area (Å²) in [6, 6.07) is 47.0. The smallest absolute Gasteiger partial charge is 0.258 e. The number of nitrogens with zero attached hydrogens (tertiary/aromatic N) is 9. The van der Waals surface area contributed by atoms with Gasteiger partial charge in [0.2, 0.25) is 0 Å². The molecule has 5 atom stereocenters. The summed E-state index contributed by atoms with van der Waals surface area (Å²) in [4.78, 5) is 82.9. The summed E-state index contributed by atoms with van der Waals surface area (Å²) in [6.45, 7) is 27.3. The van der Waals surface area contributed by atoms with Crippen molar-refractivity contribution in [2.45, 2.75) is 195 Å². The Kier molecular flexibility index (Phi) is 39.3. The lowest BCUT2D eigenvalue weighted by Crippen LogP contribution is -2.26. The first kappa shape index (κ1) is 113. The van der Waals surface area contributed by atoms with Crippen molar-refractivity contribution < 1.29 is 98.0 Å². The molecule has 6 aliphatic rings. The Labute approximate surface area is 861 Å². The van der Waals surface area contributed by atoms with Crippen molar-refractivity contribution in [1.29, 1.82) is 0 Å². The molecule has 1 fully saturated rings. The zero-order valence-corrected chi connectivity index (χ0v) is 89.8. The summed E-state index contributed by atoms with van der Waals surface area (Å²) in [5.41, 5.74) is 22.3. The maximum atomic E-state index is 13.4. The van der Waals surface area contributed by atoms with Crippen LogP contribution in [0, 0.1) is 0 Å². The van der Waals surface area contributed by atoms with Crippen molar-refractivity contribution in [1.82, 2.24) is 49.4 Å². The summed E-state index contributed by atoms with van der Waals surface area (Å²) in [5, 5.41) is 83.3. The number of carbonyl (C=O) groups is 5. The lowest BCUT2D eigenvalue weighted by Gasteiger charge is -2.23. The number of phenols is 4. The molecule has 6 heterocycles. The maximum Gasteiger partial charge on any atom is 0.258 e. The Morgan fingerprint density at radius 1 is 0.322 bits per heavy atom. The molecule has 0 bridgehead atoms. The molecule has 0 radical (unpaired) electrons. The maximum absolute atomic E-state index is 13.4. The molecular formula is C116H152N10O20. The van der Waals surface area contributed by atoms with Crippen LogP contribution in [-0.4, -0.2) is 261 Å². The quantitative estimate of drug-likeness (QED) is 0.0197. The number of epoxide rings is 1. The number of fused-ring (bicyclic) bond motifs is 5. The predicted molar refractivity (Wildman–Crippen MR) is 566 cm³/mol. The van der Waals surface area contributed by atoms with E-state index in [1.165, 1.54) is 28.8 Å². The van der Waals surface area contributed by atoms with Crippen LogP contribution in [0.1, 0.15) is 292 Å². The number of aliphatic hydroxyl groups is 4. The number of methoxy groups -OCH3 is 6. The van der Waals surface area contributed by atoms with E-state index in [0.29, 0.717) is 124 Å². The lowest BCUT2D eigenvalue weighted by atomic mass is 9.98. The highest BCUT2D eigenvalue weighted by atomic mass is 16.6. The van der Waals surface area contributed by atoms with Gasteiger partial charge in [0.15, 0.2) is 0 Å². The second-order valence-corrected chi connectivity index (χ2v) is 40.7. The third-order valence-corrected chi connectivity index (χ3v) is 27.3. The number of hydrogen-bond acceptors (Lipinski definition) is 25. The van der Waals surface area contributed by atoms with Gasteiger partial charge in [-0.1, -0.05) is 160 Å². The monoisotopic (exact) mass is 2010 g/mol. The number of likely N-dealkylation sites (N-methyl/N-ethyl adjacent to an activating group) is 4. The Bertz CT molecular complexity index is 6270. The van der Waals surface area contributed by atoms with E-state index < -0.39 is 12.2 Å². The Hall–Kier alpha value is -12.9. The molecule has 9 N–H and O–H groups in total. The first-order valence-corrected chi connectivity index (χ1v) is 49.7. The van der Waals surface area contributed by atoms with Crippen LogP contribution in [0.15, 0.2) is 152 Å². The van der Waals surface area contributed by atoms with Crippen LogP contribution in [-0.2, 0) is 70.2 Å². The Morgan fingerprint density at radius 3 is 0.795 bits per heavy atom. The number of benzene rings is 10. The molecule has 0 spiro atoms. The van der Waals surface area contributed by atoms with Crippen molar-refractivity contribution >= 4 is 29.5 Å². The number of ether oxygens (including phenoxy) is 7. The number of carbonyl (C=O) groups excluding carboxylic acids is 5. The van der Waals surface area contributed by atoms with Gasteiger partial charge in [0.1, 0.15) is 63.6 Å². The van der Waals surface area contributed by atoms with Gasteiger partial charge in [-0.3, -0.25) is 24.0 Å². The van der Waals surface area contributed by atoms with E-state index in [1.54, 1.807) is 76.7 Å². The van der Waals surface area contributed by atoms with Gasteiger partial charge >= 0.3 is 0 Å². The average molecular weight is 2010 g/mol. The molecule has 1 saturated heterocycles. The summed E-state index contributed by atoms with van der Waals surface area (Å²) in [7, 11) is 28.8. The predicted octanol–water partition coefficient (Wildman–Crippen LogP) is 17.0. The fourth-order valence-corrected chi connectivity index (χ4v) is 19.0. The summed E-state index contributed by atoms with van der Waals surface area (Å²) in [6.07, 6.45) is -0.902. The first-order chi connectivity index (χ1) is 69.4. The highest BCUT2D eigenvalue weighted by Gasteiger charge is 2.37. The lowest BCUT2D eigenvalue weighted by molar-refractivity contribution is 0.0740. The van der Waals surface area contributed by atoms with E-state index in [-0.39, 0.29) is 125 Å². The van der Waals surface area contributed by atoms with Crippen LogP contribution < -0.4 is 33.7 Å². The minimum Gasteiger partial charge on any atom is -0.508 e. The second kappa shape index (κ2) is 50.5. The molecule has 0 aromatic heterocycles. The van der Waals surface area contributed by atoms with Crippen molar-refractivity contribution in [3.05, 3.63) is 291 Å². The van der Waals surface area contributed by atoms with E-state index in [1.807, 2.05) is 217 Å². The highest BCUT2D eigenvalue weighted by molar-refractivity contribution is 6.01. The molecule has 5 unspecified atom stereocenters. The molecule has 30 heteroatoms. The van der Waals surface area contributed by atoms with E-state index in [2.05, 4.69) is 77.2 Å². The molecule has 10 aromatic rings. The van der Waals surface area contributed by atoms with Crippen LogP contribution in [0.4, 0.5) is 0 Å². The second-order valence-electron chi connectivity index (χ2n) is 40.7. The van der Waals surface area contributed by atoms with Gasteiger partial charge < -0.3 is 123 Å². The minimum atomic E-state index is -0.584. The van der Waals surface area contributed by atoms with Crippen molar-refractivity contribution in [2.75, 3.05) is 146 Å². The number of nitrogens with one attached hydrogen (secondary N) is 1.